The van der Waals surface area contributed by atoms with Gasteiger partial charge in [0.25, 0.3) is 0 Å². The summed E-state index contributed by atoms with van der Waals surface area (Å²) in [5, 5.41) is -0.532. The predicted octanol–water partition coefficient (Wildman–Crippen LogP) is 1.06. The molecule has 4 nitrogen and oxygen atoms in total. The van der Waals surface area contributed by atoms with E-state index in [0.717, 1.165) is 6.42 Å². The minimum Gasteiger partial charge on any atom is -0.458 e. The normalized spacial score (nSPS) is 51.4. The van der Waals surface area contributed by atoms with E-state index in [2.05, 4.69) is 0 Å². The lowest BCUT2D eigenvalue weighted by molar-refractivity contribution is -0.169. The van der Waals surface area contributed by atoms with Gasteiger partial charge in [-0.15, -0.1) is 11.6 Å². The number of halogens is 1. The molecule has 0 spiro atoms. The van der Waals surface area contributed by atoms with E-state index in [0.29, 0.717) is 0 Å². The van der Waals surface area contributed by atoms with Gasteiger partial charge in [-0.25, -0.2) is 0 Å². The summed E-state index contributed by atoms with van der Waals surface area (Å²) in [6.07, 6.45) is 0.410. The second-order valence-electron chi connectivity index (χ2n) is 4.84. The van der Waals surface area contributed by atoms with Crippen molar-refractivity contribution in [3.63, 3.8) is 0 Å². The zero-order valence-electron chi connectivity index (χ0n) is 8.60. The van der Waals surface area contributed by atoms with Crippen LogP contribution in [0.15, 0.2) is 0 Å². The standard InChI is InChI=1S/C10H13ClO4/c1-10(2)14-5-3-4-6(11)9(12)13-7(4)8(5)15-10/h4-8H,3H2,1-2H3. The number of ether oxygens (including phenoxy) is 3. The quantitative estimate of drug-likeness (QED) is 0.463. The number of hydrogen-bond donors (Lipinski definition) is 0. The molecule has 15 heavy (non-hydrogen) atoms. The van der Waals surface area contributed by atoms with Crippen molar-refractivity contribution in [2.75, 3.05) is 0 Å². The van der Waals surface area contributed by atoms with Crippen LogP contribution in [0.4, 0.5) is 0 Å². The van der Waals surface area contributed by atoms with Gasteiger partial charge in [-0.05, 0) is 20.3 Å². The fourth-order valence-electron chi connectivity index (χ4n) is 2.78. The first-order valence-electron chi connectivity index (χ1n) is 5.18. The van der Waals surface area contributed by atoms with Crippen LogP contribution in [0.3, 0.4) is 0 Å². The molecule has 5 heteroatoms. The van der Waals surface area contributed by atoms with Gasteiger partial charge < -0.3 is 14.2 Å². The Labute approximate surface area is 92.8 Å². The molecule has 0 amide bonds. The number of esters is 1. The molecule has 0 N–H and O–H groups in total. The first-order valence-corrected chi connectivity index (χ1v) is 5.62. The average Bonchev–Trinajstić information content (AvgIpc) is 2.66. The maximum absolute atomic E-state index is 11.3. The lowest BCUT2D eigenvalue weighted by Crippen LogP contribution is -2.31. The second kappa shape index (κ2) is 2.87. The molecular formula is C10H13ClO4. The van der Waals surface area contributed by atoms with Crippen LogP contribution in [-0.2, 0) is 19.0 Å². The molecule has 1 saturated carbocycles. The van der Waals surface area contributed by atoms with E-state index in [1.54, 1.807) is 0 Å². The fraction of sp³-hybridized carbons (Fsp3) is 0.900. The largest absolute Gasteiger partial charge is 0.458 e. The molecule has 0 aromatic rings. The van der Waals surface area contributed by atoms with E-state index in [4.69, 9.17) is 25.8 Å². The lowest BCUT2D eigenvalue weighted by Gasteiger charge is -2.21. The van der Waals surface area contributed by atoms with Crippen molar-refractivity contribution >= 4 is 17.6 Å². The fourth-order valence-corrected chi connectivity index (χ4v) is 3.08. The van der Waals surface area contributed by atoms with Crippen molar-refractivity contribution in [1.29, 1.82) is 0 Å². The van der Waals surface area contributed by atoms with E-state index < -0.39 is 11.2 Å². The Morgan fingerprint density at radius 3 is 2.80 bits per heavy atom. The molecule has 2 aliphatic heterocycles. The number of fused-ring (bicyclic) bond motifs is 3. The smallest absolute Gasteiger partial charge is 0.324 e. The van der Waals surface area contributed by atoms with Crippen molar-refractivity contribution in [3.8, 4) is 0 Å². The Kier molecular flexibility index (Phi) is 1.89. The minimum absolute atomic E-state index is 0.0179. The number of carbonyl (C=O) groups excluding carboxylic acids is 1. The monoisotopic (exact) mass is 232 g/mol. The highest BCUT2D eigenvalue weighted by Crippen LogP contribution is 2.47. The summed E-state index contributed by atoms with van der Waals surface area (Å²) in [5.41, 5.74) is 0. The summed E-state index contributed by atoms with van der Waals surface area (Å²) in [6, 6.07) is 0. The van der Waals surface area contributed by atoms with Crippen LogP contribution >= 0.6 is 11.6 Å². The second-order valence-corrected chi connectivity index (χ2v) is 5.31. The summed E-state index contributed by atoms with van der Waals surface area (Å²) >= 11 is 5.96. The molecule has 0 aromatic carbocycles. The summed E-state index contributed by atoms with van der Waals surface area (Å²) < 4.78 is 16.7. The van der Waals surface area contributed by atoms with E-state index in [-0.39, 0.29) is 30.2 Å². The summed E-state index contributed by atoms with van der Waals surface area (Å²) in [7, 11) is 0. The van der Waals surface area contributed by atoms with Gasteiger partial charge in [0.15, 0.2) is 5.79 Å². The van der Waals surface area contributed by atoms with E-state index >= 15 is 0 Å². The van der Waals surface area contributed by atoms with Crippen molar-refractivity contribution in [2.24, 2.45) is 5.92 Å². The van der Waals surface area contributed by atoms with Crippen molar-refractivity contribution < 1.29 is 19.0 Å². The minimum atomic E-state index is -0.572. The van der Waals surface area contributed by atoms with Gasteiger partial charge in [0.1, 0.15) is 17.6 Å². The van der Waals surface area contributed by atoms with Gasteiger partial charge in [0.05, 0.1) is 6.10 Å². The number of alkyl halides is 1. The maximum Gasteiger partial charge on any atom is 0.324 e. The van der Waals surface area contributed by atoms with Crippen molar-refractivity contribution in [2.45, 2.75) is 49.7 Å². The predicted molar refractivity (Wildman–Crippen MR) is 51.5 cm³/mol. The van der Waals surface area contributed by atoms with Gasteiger partial charge in [-0.1, -0.05) is 0 Å². The molecule has 2 heterocycles. The highest BCUT2D eigenvalue weighted by Gasteiger charge is 2.61. The van der Waals surface area contributed by atoms with Crippen molar-refractivity contribution in [3.05, 3.63) is 0 Å². The van der Waals surface area contributed by atoms with Crippen molar-refractivity contribution in [1.82, 2.24) is 0 Å². The zero-order chi connectivity index (χ0) is 10.8. The molecular weight excluding hydrogens is 220 g/mol. The third-order valence-electron chi connectivity index (χ3n) is 3.33. The third-order valence-corrected chi connectivity index (χ3v) is 3.83. The Morgan fingerprint density at radius 2 is 2.07 bits per heavy atom. The highest BCUT2D eigenvalue weighted by atomic mass is 35.5. The van der Waals surface area contributed by atoms with Crippen LogP contribution < -0.4 is 0 Å². The Balaban J connectivity index is 1.83. The van der Waals surface area contributed by atoms with Crippen LogP contribution in [0.2, 0.25) is 0 Å². The zero-order valence-corrected chi connectivity index (χ0v) is 9.36. The van der Waals surface area contributed by atoms with Gasteiger partial charge in [-0.3, -0.25) is 4.79 Å². The average molecular weight is 233 g/mol. The Morgan fingerprint density at radius 1 is 1.33 bits per heavy atom. The molecule has 5 atom stereocenters. The molecule has 2 saturated heterocycles. The topological polar surface area (TPSA) is 44.8 Å². The van der Waals surface area contributed by atoms with Crippen LogP contribution in [0, 0.1) is 5.92 Å². The number of carbonyl (C=O) groups is 1. The van der Waals surface area contributed by atoms with Gasteiger partial charge in [-0.2, -0.15) is 0 Å². The molecule has 3 rings (SSSR count). The lowest BCUT2D eigenvalue weighted by atomic mass is 10.0. The van der Waals surface area contributed by atoms with E-state index in [1.165, 1.54) is 0 Å². The van der Waals surface area contributed by atoms with Crippen LogP contribution in [0.25, 0.3) is 0 Å². The SMILES string of the molecule is CC1(C)OC2CC3C(Cl)C(=O)OC3C2O1. The highest BCUT2D eigenvalue weighted by molar-refractivity contribution is 6.30. The van der Waals surface area contributed by atoms with E-state index in [9.17, 15) is 4.79 Å². The molecule has 3 fully saturated rings. The molecule has 84 valence electrons. The first-order chi connectivity index (χ1) is 6.98. The summed E-state index contributed by atoms with van der Waals surface area (Å²) in [6.45, 7) is 3.74. The molecule has 5 unspecified atom stereocenters. The Hall–Kier alpha value is -0.320. The molecule has 0 radical (unpaired) electrons. The summed E-state index contributed by atoms with van der Waals surface area (Å²) in [5.74, 6) is -0.847. The van der Waals surface area contributed by atoms with Crippen LogP contribution in [0.1, 0.15) is 20.3 Å². The first kappa shape index (κ1) is 9.87. The maximum atomic E-state index is 11.3. The summed E-state index contributed by atoms with van der Waals surface area (Å²) in [4.78, 5) is 11.3. The third kappa shape index (κ3) is 1.31. The van der Waals surface area contributed by atoms with Gasteiger partial charge in [0, 0.05) is 5.92 Å². The molecule has 3 aliphatic rings. The van der Waals surface area contributed by atoms with E-state index in [1.807, 2.05) is 13.8 Å². The van der Waals surface area contributed by atoms with Gasteiger partial charge >= 0.3 is 5.97 Å². The van der Waals surface area contributed by atoms with Gasteiger partial charge in [0.2, 0.25) is 0 Å². The number of hydrogen-bond acceptors (Lipinski definition) is 4. The molecule has 0 aromatic heterocycles. The van der Waals surface area contributed by atoms with Crippen LogP contribution in [-0.4, -0.2) is 35.4 Å². The number of rotatable bonds is 0. The molecule has 0 bridgehead atoms. The molecule has 1 aliphatic carbocycles. The van der Waals surface area contributed by atoms with Crippen LogP contribution in [0.5, 0.6) is 0 Å². The Bertz CT molecular complexity index is 317.